The number of hydrogen-bond acceptors (Lipinski definition) is 4. The summed E-state index contributed by atoms with van der Waals surface area (Å²) in [5.74, 6) is 0.506. The second-order valence-corrected chi connectivity index (χ2v) is 5.79. The summed E-state index contributed by atoms with van der Waals surface area (Å²) in [5, 5.41) is 20.5. The SMILES string of the molecule is N#Cc1cccc(NC(=O)N2CCSCC2CC(=O)O)c1. The highest BCUT2D eigenvalue weighted by atomic mass is 32.2. The highest BCUT2D eigenvalue weighted by molar-refractivity contribution is 7.99. The van der Waals surface area contributed by atoms with Gasteiger partial charge in [-0.25, -0.2) is 4.79 Å². The van der Waals surface area contributed by atoms with Gasteiger partial charge in [0.05, 0.1) is 24.1 Å². The zero-order valence-electron chi connectivity index (χ0n) is 11.3. The quantitative estimate of drug-likeness (QED) is 0.890. The van der Waals surface area contributed by atoms with Gasteiger partial charge in [-0.15, -0.1) is 0 Å². The Morgan fingerprint density at radius 2 is 2.33 bits per heavy atom. The number of aliphatic carboxylic acids is 1. The molecular formula is C14H15N3O3S. The number of carbonyl (C=O) groups is 2. The first-order chi connectivity index (χ1) is 10.1. The summed E-state index contributed by atoms with van der Waals surface area (Å²) >= 11 is 1.65. The van der Waals surface area contributed by atoms with Crippen LogP contribution in [0.15, 0.2) is 24.3 Å². The summed E-state index contributed by atoms with van der Waals surface area (Å²) in [6.45, 7) is 0.520. The lowest BCUT2D eigenvalue weighted by Crippen LogP contribution is -2.48. The van der Waals surface area contributed by atoms with Crippen LogP contribution in [0.5, 0.6) is 0 Å². The summed E-state index contributed by atoms with van der Waals surface area (Å²) < 4.78 is 0. The molecule has 0 radical (unpaired) electrons. The number of urea groups is 1. The third-order valence-electron chi connectivity index (χ3n) is 3.14. The van der Waals surface area contributed by atoms with Gasteiger partial charge in [0, 0.05) is 23.7 Å². The molecule has 1 unspecified atom stereocenters. The van der Waals surface area contributed by atoms with Crippen LogP contribution in [0.3, 0.4) is 0 Å². The molecule has 110 valence electrons. The van der Waals surface area contributed by atoms with Crippen molar-refractivity contribution >= 4 is 29.4 Å². The van der Waals surface area contributed by atoms with Crippen molar-refractivity contribution in [1.82, 2.24) is 4.90 Å². The van der Waals surface area contributed by atoms with Crippen LogP contribution in [0.1, 0.15) is 12.0 Å². The van der Waals surface area contributed by atoms with E-state index in [1.807, 2.05) is 6.07 Å². The van der Waals surface area contributed by atoms with E-state index in [1.165, 1.54) is 0 Å². The summed E-state index contributed by atoms with van der Waals surface area (Å²) in [5.41, 5.74) is 0.996. The molecule has 1 saturated heterocycles. The van der Waals surface area contributed by atoms with E-state index < -0.39 is 5.97 Å². The van der Waals surface area contributed by atoms with Crippen molar-refractivity contribution in [1.29, 1.82) is 5.26 Å². The summed E-state index contributed by atoms with van der Waals surface area (Å²) in [7, 11) is 0. The molecule has 0 aliphatic carbocycles. The van der Waals surface area contributed by atoms with E-state index in [2.05, 4.69) is 5.32 Å². The standard InChI is InChI=1S/C14H15N3O3S/c15-8-10-2-1-3-11(6-10)16-14(20)17-4-5-21-9-12(17)7-13(18)19/h1-3,6,12H,4-5,7,9H2,(H,16,20)(H,18,19). The molecule has 7 heteroatoms. The molecular weight excluding hydrogens is 290 g/mol. The van der Waals surface area contributed by atoms with Crippen molar-refractivity contribution in [2.75, 3.05) is 23.4 Å². The number of amides is 2. The van der Waals surface area contributed by atoms with Crippen LogP contribution in [-0.2, 0) is 4.79 Å². The highest BCUT2D eigenvalue weighted by Gasteiger charge is 2.28. The number of carbonyl (C=O) groups excluding carboxylic acids is 1. The van der Waals surface area contributed by atoms with E-state index in [-0.39, 0.29) is 18.5 Å². The second kappa shape index (κ2) is 6.99. The molecule has 0 saturated carbocycles. The largest absolute Gasteiger partial charge is 0.481 e. The van der Waals surface area contributed by atoms with Gasteiger partial charge < -0.3 is 15.3 Å². The lowest BCUT2D eigenvalue weighted by atomic mass is 10.2. The molecule has 1 aliphatic heterocycles. The van der Waals surface area contributed by atoms with E-state index in [4.69, 9.17) is 10.4 Å². The van der Waals surface area contributed by atoms with Gasteiger partial charge in [0.2, 0.25) is 0 Å². The van der Waals surface area contributed by atoms with Crippen molar-refractivity contribution in [3.8, 4) is 6.07 Å². The Morgan fingerprint density at radius 1 is 1.52 bits per heavy atom. The Kier molecular flexibility index (Phi) is 5.06. The first-order valence-electron chi connectivity index (χ1n) is 6.47. The van der Waals surface area contributed by atoms with Crippen molar-refractivity contribution in [3.63, 3.8) is 0 Å². The van der Waals surface area contributed by atoms with E-state index in [0.717, 1.165) is 5.75 Å². The van der Waals surface area contributed by atoms with Gasteiger partial charge >= 0.3 is 12.0 Å². The Hall–Kier alpha value is -2.20. The summed E-state index contributed by atoms with van der Waals surface area (Å²) in [6, 6.07) is 8.01. The van der Waals surface area contributed by atoms with Gasteiger partial charge in [-0.3, -0.25) is 4.79 Å². The van der Waals surface area contributed by atoms with Crippen LogP contribution in [0.25, 0.3) is 0 Å². The zero-order chi connectivity index (χ0) is 15.2. The fourth-order valence-electron chi connectivity index (χ4n) is 2.15. The molecule has 0 aromatic heterocycles. The molecule has 2 rings (SSSR count). The van der Waals surface area contributed by atoms with Crippen molar-refractivity contribution in [2.45, 2.75) is 12.5 Å². The van der Waals surface area contributed by atoms with Crippen LogP contribution in [0.4, 0.5) is 10.5 Å². The average Bonchev–Trinajstić information content (AvgIpc) is 2.47. The molecule has 1 aromatic carbocycles. The number of rotatable bonds is 3. The van der Waals surface area contributed by atoms with Gasteiger partial charge in [0.1, 0.15) is 0 Å². The van der Waals surface area contributed by atoms with E-state index >= 15 is 0 Å². The number of nitrogens with one attached hydrogen (secondary N) is 1. The summed E-state index contributed by atoms with van der Waals surface area (Å²) in [6.07, 6.45) is -0.0569. The maximum Gasteiger partial charge on any atom is 0.322 e. The lowest BCUT2D eigenvalue weighted by Gasteiger charge is -2.34. The normalized spacial score (nSPS) is 17.9. The minimum absolute atomic E-state index is 0.0569. The Bertz CT molecular complexity index is 585. The average molecular weight is 305 g/mol. The number of nitrogens with zero attached hydrogens (tertiary/aromatic N) is 2. The number of hydrogen-bond donors (Lipinski definition) is 2. The Morgan fingerprint density at radius 3 is 3.05 bits per heavy atom. The van der Waals surface area contributed by atoms with Gasteiger partial charge in [-0.1, -0.05) is 6.07 Å². The van der Waals surface area contributed by atoms with Crippen molar-refractivity contribution in [2.24, 2.45) is 0 Å². The van der Waals surface area contributed by atoms with Crippen LogP contribution in [0.2, 0.25) is 0 Å². The Labute approximate surface area is 126 Å². The maximum absolute atomic E-state index is 12.3. The van der Waals surface area contributed by atoms with Crippen molar-refractivity contribution in [3.05, 3.63) is 29.8 Å². The monoisotopic (exact) mass is 305 g/mol. The number of anilines is 1. The van der Waals surface area contributed by atoms with E-state index in [0.29, 0.717) is 23.5 Å². The van der Waals surface area contributed by atoms with Gasteiger partial charge in [-0.2, -0.15) is 17.0 Å². The number of carboxylic acid groups (broad SMARTS) is 1. The zero-order valence-corrected chi connectivity index (χ0v) is 12.1. The third-order valence-corrected chi connectivity index (χ3v) is 4.23. The lowest BCUT2D eigenvalue weighted by molar-refractivity contribution is -0.137. The third kappa shape index (κ3) is 4.13. The van der Waals surface area contributed by atoms with Gasteiger partial charge in [0.25, 0.3) is 0 Å². The molecule has 21 heavy (non-hydrogen) atoms. The van der Waals surface area contributed by atoms with Gasteiger partial charge in [0.15, 0.2) is 0 Å². The molecule has 1 aliphatic rings. The minimum Gasteiger partial charge on any atom is -0.481 e. The fourth-order valence-corrected chi connectivity index (χ4v) is 3.22. The second-order valence-electron chi connectivity index (χ2n) is 4.64. The number of benzene rings is 1. The molecule has 0 spiro atoms. The van der Waals surface area contributed by atoms with Gasteiger partial charge in [-0.05, 0) is 18.2 Å². The maximum atomic E-state index is 12.3. The van der Waals surface area contributed by atoms with E-state index in [1.54, 1.807) is 40.9 Å². The minimum atomic E-state index is -0.910. The molecule has 1 heterocycles. The molecule has 2 amide bonds. The fraction of sp³-hybridized carbons (Fsp3) is 0.357. The molecule has 2 N–H and O–H groups in total. The molecule has 6 nitrogen and oxygen atoms in total. The molecule has 0 bridgehead atoms. The summed E-state index contributed by atoms with van der Waals surface area (Å²) in [4.78, 5) is 24.7. The van der Waals surface area contributed by atoms with Crippen LogP contribution in [-0.4, -0.2) is 46.1 Å². The van der Waals surface area contributed by atoms with Crippen LogP contribution >= 0.6 is 11.8 Å². The Balaban J connectivity index is 2.06. The number of nitriles is 1. The van der Waals surface area contributed by atoms with Crippen molar-refractivity contribution < 1.29 is 14.7 Å². The molecule has 1 fully saturated rings. The van der Waals surface area contributed by atoms with E-state index in [9.17, 15) is 9.59 Å². The highest BCUT2D eigenvalue weighted by Crippen LogP contribution is 2.20. The predicted molar refractivity (Wildman–Crippen MR) is 80.2 cm³/mol. The molecule has 1 atom stereocenters. The van der Waals surface area contributed by atoms with Crippen LogP contribution in [0, 0.1) is 11.3 Å². The first kappa shape index (κ1) is 15.2. The van der Waals surface area contributed by atoms with Crippen LogP contribution < -0.4 is 5.32 Å². The molecule has 1 aromatic rings. The smallest absolute Gasteiger partial charge is 0.322 e. The predicted octanol–water partition coefficient (Wildman–Crippen LogP) is 1.98. The number of thioether (sulfide) groups is 1. The number of carboxylic acids is 1. The first-order valence-corrected chi connectivity index (χ1v) is 7.63. The topological polar surface area (TPSA) is 93.4 Å².